The third-order valence-electron chi connectivity index (χ3n) is 3.70. The molecule has 0 fully saturated rings. The number of phenols is 2. The number of hydrazone groups is 1. The molecule has 3 N–H and O–H groups in total. The van der Waals surface area contributed by atoms with Gasteiger partial charge in [-0.25, -0.2) is 5.43 Å². The topological polar surface area (TPSA) is 81.9 Å². The minimum atomic E-state index is -0.438. The first-order chi connectivity index (χ1) is 13.5. The second kappa shape index (κ2) is 8.76. The number of benzene rings is 3. The van der Waals surface area contributed by atoms with Gasteiger partial charge in [0.2, 0.25) is 0 Å². The van der Waals surface area contributed by atoms with Gasteiger partial charge in [0.25, 0.3) is 5.91 Å². The summed E-state index contributed by atoms with van der Waals surface area (Å²) in [4.78, 5) is 12.0. The van der Waals surface area contributed by atoms with Crippen molar-refractivity contribution in [2.24, 2.45) is 5.10 Å². The number of carbonyl (C=O) groups excluding carboxylic acids is 1. The van der Waals surface area contributed by atoms with Crippen LogP contribution in [-0.4, -0.2) is 22.3 Å². The highest BCUT2D eigenvalue weighted by Gasteiger charge is 2.07. The van der Waals surface area contributed by atoms with Gasteiger partial charge in [0, 0.05) is 16.7 Å². The summed E-state index contributed by atoms with van der Waals surface area (Å²) in [5, 5.41) is 22.8. The van der Waals surface area contributed by atoms with Gasteiger partial charge in [-0.2, -0.15) is 5.10 Å². The molecule has 6 heteroatoms. The van der Waals surface area contributed by atoms with Gasteiger partial charge in [0.1, 0.15) is 11.5 Å². The molecule has 0 atom stereocenters. The third kappa shape index (κ3) is 5.13. The van der Waals surface area contributed by atoms with E-state index < -0.39 is 5.91 Å². The Kier molecular flexibility index (Phi) is 5.95. The van der Waals surface area contributed by atoms with E-state index in [1.54, 1.807) is 18.2 Å². The van der Waals surface area contributed by atoms with Gasteiger partial charge in [-0.1, -0.05) is 41.6 Å². The summed E-state index contributed by atoms with van der Waals surface area (Å²) in [7, 11) is 0. The van der Waals surface area contributed by atoms with Gasteiger partial charge < -0.3 is 10.2 Å². The molecule has 5 nitrogen and oxygen atoms in total. The maximum absolute atomic E-state index is 12.0. The van der Waals surface area contributed by atoms with Crippen LogP contribution in [0.1, 0.15) is 27.0 Å². The minimum Gasteiger partial charge on any atom is -0.508 e. The van der Waals surface area contributed by atoms with E-state index in [-0.39, 0.29) is 22.1 Å². The molecule has 3 aromatic carbocycles. The molecule has 0 aromatic heterocycles. The SMILES string of the molecule is O=C(NN=Cc1ccc(C#Cc2cccc(O)c2)cc1)c1ccc(O)c(Cl)c1. The molecule has 0 saturated heterocycles. The van der Waals surface area contributed by atoms with Crippen LogP contribution in [0.25, 0.3) is 0 Å². The average Bonchev–Trinajstić information content (AvgIpc) is 2.69. The van der Waals surface area contributed by atoms with E-state index in [0.29, 0.717) is 0 Å². The fourth-order valence-corrected chi connectivity index (χ4v) is 2.44. The number of halogens is 1. The highest BCUT2D eigenvalue weighted by atomic mass is 35.5. The smallest absolute Gasteiger partial charge is 0.271 e. The van der Waals surface area contributed by atoms with Gasteiger partial charge in [-0.15, -0.1) is 0 Å². The second-order valence-electron chi connectivity index (χ2n) is 5.79. The number of rotatable bonds is 3. The lowest BCUT2D eigenvalue weighted by Crippen LogP contribution is -2.17. The molecule has 1 amide bonds. The van der Waals surface area contributed by atoms with E-state index in [1.807, 2.05) is 30.3 Å². The fourth-order valence-electron chi connectivity index (χ4n) is 2.26. The maximum Gasteiger partial charge on any atom is 0.271 e. The molecular weight excluding hydrogens is 376 g/mol. The molecule has 0 heterocycles. The minimum absolute atomic E-state index is 0.0889. The summed E-state index contributed by atoms with van der Waals surface area (Å²) in [6.07, 6.45) is 1.51. The van der Waals surface area contributed by atoms with Crippen molar-refractivity contribution in [2.75, 3.05) is 0 Å². The average molecular weight is 391 g/mol. The first kappa shape index (κ1) is 19.0. The number of nitrogens with zero attached hydrogens (tertiary/aromatic N) is 1. The summed E-state index contributed by atoms with van der Waals surface area (Å²) in [5.41, 5.74) is 5.01. The van der Waals surface area contributed by atoms with Crippen LogP contribution in [0.3, 0.4) is 0 Å². The predicted octanol–water partition coefficient (Wildman–Crippen LogP) is 3.91. The van der Waals surface area contributed by atoms with E-state index in [4.69, 9.17) is 11.6 Å². The number of hydrogen-bond donors (Lipinski definition) is 3. The Labute approximate surface area is 166 Å². The van der Waals surface area contributed by atoms with Crippen LogP contribution in [0.5, 0.6) is 11.5 Å². The van der Waals surface area contributed by atoms with Crippen molar-refractivity contribution in [1.29, 1.82) is 0 Å². The third-order valence-corrected chi connectivity index (χ3v) is 4.00. The van der Waals surface area contributed by atoms with Gasteiger partial charge in [-0.3, -0.25) is 4.79 Å². The molecule has 0 saturated carbocycles. The lowest BCUT2D eigenvalue weighted by molar-refractivity contribution is 0.0955. The van der Waals surface area contributed by atoms with Gasteiger partial charge in [0.15, 0.2) is 0 Å². The Morgan fingerprint density at radius 2 is 1.71 bits per heavy atom. The van der Waals surface area contributed by atoms with E-state index in [0.717, 1.165) is 16.7 Å². The summed E-state index contributed by atoms with van der Waals surface area (Å²) < 4.78 is 0. The van der Waals surface area contributed by atoms with E-state index in [9.17, 15) is 15.0 Å². The molecule has 3 aromatic rings. The molecular formula is C22H15ClN2O3. The Morgan fingerprint density at radius 3 is 2.43 bits per heavy atom. The van der Waals surface area contributed by atoms with Gasteiger partial charge in [0.05, 0.1) is 11.2 Å². The monoisotopic (exact) mass is 390 g/mol. The summed E-state index contributed by atoms with van der Waals surface area (Å²) in [6.45, 7) is 0. The van der Waals surface area contributed by atoms with E-state index in [2.05, 4.69) is 22.4 Å². The van der Waals surface area contributed by atoms with Gasteiger partial charge >= 0.3 is 0 Å². The van der Waals surface area contributed by atoms with Crippen LogP contribution in [0.15, 0.2) is 71.8 Å². The van der Waals surface area contributed by atoms with E-state index in [1.165, 1.54) is 24.4 Å². The predicted molar refractivity (Wildman–Crippen MR) is 109 cm³/mol. The van der Waals surface area contributed by atoms with Crippen LogP contribution in [-0.2, 0) is 0 Å². The van der Waals surface area contributed by atoms with E-state index >= 15 is 0 Å². The molecule has 0 aliphatic heterocycles. The molecule has 0 aliphatic carbocycles. The van der Waals surface area contributed by atoms with Crippen LogP contribution >= 0.6 is 11.6 Å². The molecule has 0 bridgehead atoms. The highest BCUT2D eigenvalue weighted by Crippen LogP contribution is 2.23. The van der Waals surface area contributed by atoms with Crippen LogP contribution < -0.4 is 5.43 Å². The first-order valence-electron chi connectivity index (χ1n) is 8.24. The van der Waals surface area contributed by atoms with Crippen LogP contribution in [0, 0.1) is 11.8 Å². The standard InChI is InChI=1S/C22H15ClN2O3/c23-20-13-18(10-11-21(20)27)22(28)25-24-14-17-8-5-15(6-9-17)4-7-16-2-1-3-19(26)12-16/h1-3,5-6,8-14,26-27H,(H,25,28). The number of phenolic OH excluding ortho intramolecular Hbond substituents is 2. The number of aromatic hydroxyl groups is 2. The molecule has 138 valence electrons. The maximum atomic E-state index is 12.0. The van der Waals surface area contributed by atoms with Crippen molar-refractivity contribution < 1.29 is 15.0 Å². The fraction of sp³-hybridized carbons (Fsp3) is 0. The van der Waals surface area contributed by atoms with Gasteiger partial charge in [-0.05, 0) is 54.1 Å². The van der Waals surface area contributed by atoms with Crippen molar-refractivity contribution in [2.45, 2.75) is 0 Å². The number of amides is 1. The normalized spacial score (nSPS) is 10.3. The van der Waals surface area contributed by atoms with Crippen LogP contribution in [0.4, 0.5) is 0 Å². The van der Waals surface area contributed by atoms with Crippen molar-refractivity contribution >= 4 is 23.7 Å². The molecule has 28 heavy (non-hydrogen) atoms. The number of carbonyl (C=O) groups is 1. The molecule has 0 unspecified atom stereocenters. The highest BCUT2D eigenvalue weighted by molar-refractivity contribution is 6.32. The Bertz CT molecular complexity index is 1100. The summed E-state index contributed by atoms with van der Waals surface area (Å²) in [5.74, 6) is 5.64. The molecule has 3 rings (SSSR count). The largest absolute Gasteiger partial charge is 0.508 e. The summed E-state index contributed by atoms with van der Waals surface area (Å²) >= 11 is 5.78. The van der Waals surface area contributed by atoms with Crippen molar-refractivity contribution in [3.8, 4) is 23.3 Å². The van der Waals surface area contributed by atoms with Crippen molar-refractivity contribution in [3.63, 3.8) is 0 Å². The molecule has 0 radical (unpaired) electrons. The first-order valence-corrected chi connectivity index (χ1v) is 8.62. The second-order valence-corrected chi connectivity index (χ2v) is 6.19. The van der Waals surface area contributed by atoms with Crippen LogP contribution in [0.2, 0.25) is 5.02 Å². The Hall–Kier alpha value is -3.75. The zero-order valence-electron chi connectivity index (χ0n) is 14.6. The lowest BCUT2D eigenvalue weighted by Gasteiger charge is -2.02. The zero-order valence-corrected chi connectivity index (χ0v) is 15.3. The van der Waals surface area contributed by atoms with Crippen molar-refractivity contribution in [3.05, 3.63) is 94.0 Å². The number of hydrogen-bond acceptors (Lipinski definition) is 4. The lowest BCUT2D eigenvalue weighted by atomic mass is 10.1. The number of nitrogens with one attached hydrogen (secondary N) is 1. The molecule has 0 spiro atoms. The molecule has 0 aliphatic rings. The van der Waals surface area contributed by atoms with Crippen molar-refractivity contribution in [1.82, 2.24) is 5.43 Å². The Morgan fingerprint density at radius 1 is 0.964 bits per heavy atom. The summed E-state index contributed by atoms with van der Waals surface area (Å²) in [6, 6.07) is 18.2. The zero-order chi connectivity index (χ0) is 19.9. The Balaban J connectivity index is 1.61. The quantitative estimate of drug-likeness (QED) is 0.360.